The molecule has 0 bridgehead atoms. The van der Waals surface area contributed by atoms with E-state index in [1.165, 1.54) is 14.0 Å². The zero-order chi connectivity index (χ0) is 10.9. The van der Waals surface area contributed by atoms with Gasteiger partial charge in [-0.15, -0.1) is 0 Å². The van der Waals surface area contributed by atoms with Crippen LogP contribution in [0, 0.1) is 22.9 Å². The highest BCUT2D eigenvalue weighted by atomic mass is 79.9. The Morgan fingerprint density at radius 2 is 2.21 bits per heavy atom. The summed E-state index contributed by atoms with van der Waals surface area (Å²) in [5, 5.41) is 10.5. The van der Waals surface area contributed by atoms with Crippen molar-refractivity contribution in [2.75, 3.05) is 7.11 Å². The van der Waals surface area contributed by atoms with Gasteiger partial charge in [0.2, 0.25) is 0 Å². The fourth-order valence-electron chi connectivity index (χ4n) is 1.06. The predicted molar refractivity (Wildman–Crippen MR) is 52.0 cm³/mol. The molecule has 14 heavy (non-hydrogen) atoms. The van der Waals surface area contributed by atoms with Crippen LogP contribution < -0.4 is 4.74 Å². The Balaban J connectivity index is 3.47. The standard InChI is InChI=1S/C8H7BrFNO3/c1-4-6(11(12)13)3-5(10)8(14-2)7(4)9/h3H,1-2H3. The van der Waals surface area contributed by atoms with Gasteiger partial charge in [0.25, 0.3) is 5.69 Å². The zero-order valence-corrected chi connectivity index (χ0v) is 9.09. The molecule has 0 heterocycles. The largest absolute Gasteiger partial charge is 0.492 e. The monoisotopic (exact) mass is 263 g/mol. The number of nitrogens with zero attached hydrogens (tertiary/aromatic N) is 1. The lowest BCUT2D eigenvalue weighted by Gasteiger charge is -2.07. The van der Waals surface area contributed by atoms with Gasteiger partial charge in [-0.1, -0.05) is 0 Å². The summed E-state index contributed by atoms with van der Waals surface area (Å²) < 4.78 is 18.2. The maximum atomic E-state index is 13.2. The maximum absolute atomic E-state index is 13.2. The van der Waals surface area contributed by atoms with Crippen molar-refractivity contribution < 1.29 is 14.1 Å². The van der Waals surface area contributed by atoms with E-state index in [1.807, 2.05) is 0 Å². The molecule has 0 spiro atoms. The molecule has 4 nitrogen and oxygen atoms in total. The van der Waals surface area contributed by atoms with Gasteiger partial charge in [-0.2, -0.15) is 0 Å². The van der Waals surface area contributed by atoms with E-state index in [-0.39, 0.29) is 15.9 Å². The number of rotatable bonds is 2. The molecule has 1 rings (SSSR count). The normalized spacial score (nSPS) is 10.0. The molecule has 0 saturated carbocycles. The highest BCUT2D eigenvalue weighted by molar-refractivity contribution is 9.10. The number of hydrogen-bond donors (Lipinski definition) is 0. The van der Waals surface area contributed by atoms with Gasteiger partial charge in [0.15, 0.2) is 11.6 Å². The first-order valence-corrected chi connectivity index (χ1v) is 4.45. The third kappa shape index (κ3) is 1.70. The van der Waals surface area contributed by atoms with Crippen molar-refractivity contribution >= 4 is 21.6 Å². The number of nitro groups is 1. The number of methoxy groups -OCH3 is 1. The van der Waals surface area contributed by atoms with Gasteiger partial charge in [0.1, 0.15) is 0 Å². The molecule has 0 fully saturated rings. The topological polar surface area (TPSA) is 52.4 Å². The van der Waals surface area contributed by atoms with Crippen LogP contribution in [0.25, 0.3) is 0 Å². The summed E-state index contributed by atoms with van der Waals surface area (Å²) >= 11 is 3.04. The minimum Gasteiger partial charge on any atom is -0.492 e. The number of halogens is 2. The molecular weight excluding hydrogens is 257 g/mol. The van der Waals surface area contributed by atoms with Crippen molar-refractivity contribution in [2.24, 2.45) is 0 Å². The molecule has 0 radical (unpaired) electrons. The molecule has 0 amide bonds. The molecule has 1 aromatic rings. The number of benzene rings is 1. The molecule has 0 aliphatic heterocycles. The third-order valence-electron chi connectivity index (χ3n) is 1.79. The molecule has 0 aliphatic rings. The van der Waals surface area contributed by atoms with E-state index in [2.05, 4.69) is 15.9 Å². The molecule has 76 valence electrons. The second-order valence-corrected chi connectivity index (χ2v) is 3.40. The molecular formula is C8H7BrFNO3. The van der Waals surface area contributed by atoms with Crippen LogP contribution in [0.15, 0.2) is 10.5 Å². The van der Waals surface area contributed by atoms with Crippen molar-refractivity contribution in [3.63, 3.8) is 0 Å². The Hall–Kier alpha value is -1.17. The van der Waals surface area contributed by atoms with E-state index in [4.69, 9.17) is 4.74 Å². The second-order valence-electron chi connectivity index (χ2n) is 2.61. The molecule has 0 unspecified atom stereocenters. The summed E-state index contributed by atoms with van der Waals surface area (Å²) in [6.45, 7) is 1.52. The highest BCUT2D eigenvalue weighted by Gasteiger charge is 2.20. The van der Waals surface area contributed by atoms with E-state index in [9.17, 15) is 14.5 Å². The van der Waals surface area contributed by atoms with Gasteiger partial charge in [0, 0.05) is 5.56 Å². The van der Waals surface area contributed by atoms with Crippen molar-refractivity contribution in [1.29, 1.82) is 0 Å². The van der Waals surface area contributed by atoms with Crippen molar-refractivity contribution in [3.8, 4) is 5.75 Å². The summed E-state index contributed by atoms with van der Waals surface area (Å²) in [7, 11) is 1.30. The zero-order valence-electron chi connectivity index (χ0n) is 7.51. The number of hydrogen-bond acceptors (Lipinski definition) is 3. The summed E-state index contributed by atoms with van der Waals surface area (Å²) in [6, 6.07) is 0.846. The minimum absolute atomic E-state index is 0.0203. The van der Waals surface area contributed by atoms with Gasteiger partial charge in [-0.3, -0.25) is 10.1 Å². The van der Waals surface area contributed by atoms with Crippen molar-refractivity contribution in [3.05, 3.63) is 32.0 Å². The van der Waals surface area contributed by atoms with Crippen LogP contribution in [0.5, 0.6) is 5.75 Å². The van der Waals surface area contributed by atoms with Crippen LogP contribution in [-0.4, -0.2) is 12.0 Å². The average molecular weight is 264 g/mol. The molecule has 6 heteroatoms. The Morgan fingerprint density at radius 3 is 2.64 bits per heavy atom. The van der Waals surface area contributed by atoms with Crippen LogP contribution in [-0.2, 0) is 0 Å². The van der Waals surface area contributed by atoms with Crippen LogP contribution >= 0.6 is 15.9 Å². The van der Waals surface area contributed by atoms with E-state index in [0.717, 1.165) is 6.07 Å². The smallest absolute Gasteiger partial charge is 0.276 e. The molecule has 0 saturated heterocycles. The maximum Gasteiger partial charge on any atom is 0.276 e. The fraction of sp³-hybridized carbons (Fsp3) is 0.250. The Labute approximate surface area is 88.0 Å². The quantitative estimate of drug-likeness (QED) is 0.609. The van der Waals surface area contributed by atoms with E-state index >= 15 is 0 Å². The molecule has 0 aromatic heterocycles. The lowest BCUT2D eigenvalue weighted by atomic mass is 10.2. The second kappa shape index (κ2) is 3.91. The van der Waals surface area contributed by atoms with E-state index < -0.39 is 10.7 Å². The first-order chi connectivity index (χ1) is 6.49. The van der Waals surface area contributed by atoms with Crippen molar-refractivity contribution in [2.45, 2.75) is 6.92 Å². The molecule has 0 atom stereocenters. The highest BCUT2D eigenvalue weighted by Crippen LogP contribution is 2.36. The Kier molecular flexibility index (Phi) is 3.05. The average Bonchev–Trinajstić information content (AvgIpc) is 2.12. The van der Waals surface area contributed by atoms with Crippen LogP contribution in [0.4, 0.5) is 10.1 Å². The predicted octanol–water partition coefficient (Wildman–Crippen LogP) is 2.81. The van der Waals surface area contributed by atoms with E-state index in [0.29, 0.717) is 5.56 Å². The third-order valence-corrected chi connectivity index (χ3v) is 2.75. The first-order valence-electron chi connectivity index (χ1n) is 3.66. The van der Waals surface area contributed by atoms with E-state index in [1.54, 1.807) is 0 Å². The van der Waals surface area contributed by atoms with Gasteiger partial charge in [0.05, 0.1) is 22.6 Å². The minimum atomic E-state index is -0.753. The molecule has 0 aliphatic carbocycles. The van der Waals surface area contributed by atoms with Crippen LogP contribution in [0.1, 0.15) is 5.56 Å². The van der Waals surface area contributed by atoms with Crippen molar-refractivity contribution in [1.82, 2.24) is 0 Å². The summed E-state index contributed by atoms with van der Waals surface area (Å²) in [6.07, 6.45) is 0. The van der Waals surface area contributed by atoms with Gasteiger partial charge >= 0.3 is 0 Å². The van der Waals surface area contributed by atoms with Gasteiger partial charge < -0.3 is 4.74 Å². The SMILES string of the molecule is COc1c(F)cc([N+](=O)[O-])c(C)c1Br. The summed E-state index contributed by atoms with van der Waals surface area (Å²) in [5.41, 5.74) is 0.0726. The van der Waals surface area contributed by atoms with Crippen LogP contribution in [0.3, 0.4) is 0 Å². The van der Waals surface area contributed by atoms with Gasteiger partial charge in [-0.05, 0) is 22.9 Å². The van der Waals surface area contributed by atoms with Crippen LogP contribution in [0.2, 0.25) is 0 Å². The Morgan fingerprint density at radius 1 is 1.64 bits per heavy atom. The Bertz CT molecular complexity index is 395. The summed E-state index contributed by atoms with van der Waals surface area (Å²) in [4.78, 5) is 9.87. The fourth-order valence-corrected chi connectivity index (χ4v) is 1.61. The number of nitro benzene ring substituents is 1. The molecule has 1 aromatic carbocycles. The first kappa shape index (κ1) is 10.9. The lowest BCUT2D eigenvalue weighted by Crippen LogP contribution is -1.97. The summed E-state index contributed by atoms with van der Waals surface area (Å²) in [5.74, 6) is -0.773. The van der Waals surface area contributed by atoms with Gasteiger partial charge in [-0.25, -0.2) is 4.39 Å². The lowest BCUT2D eigenvalue weighted by molar-refractivity contribution is -0.385. The number of ether oxygens (including phenoxy) is 1. The molecule has 0 N–H and O–H groups in total.